The molecule has 5 nitrogen and oxygen atoms in total. The Hall–Kier alpha value is -2.48. The van der Waals surface area contributed by atoms with Crippen LogP contribution in [0.3, 0.4) is 0 Å². The van der Waals surface area contributed by atoms with Crippen LogP contribution in [0.1, 0.15) is 22.3 Å². The molecule has 0 aliphatic carbocycles. The summed E-state index contributed by atoms with van der Waals surface area (Å²) in [6.45, 7) is -1.47. The number of carbonyl (C=O) groups excluding carboxylic acids is 2. The predicted molar refractivity (Wildman–Crippen MR) is 108 cm³/mol. The number of hydrogen-bond acceptors (Lipinski definition) is 3. The summed E-state index contributed by atoms with van der Waals surface area (Å²) in [6.07, 6.45) is 1.03. The minimum Gasteiger partial charge on any atom is -0.434 e. The number of halogens is 3. The van der Waals surface area contributed by atoms with E-state index in [0.717, 1.165) is 10.0 Å². The summed E-state index contributed by atoms with van der Waals surface area (Å²) in [5.74, 6) is -0.477. The van der Waals surface area contributed by atoms with Gasteiger partial charge in [-0.15, -0.1) is 0 Å². The lowest BCUT2D eigenvalue weighted by molar-refractivity contribution is -0.132. The highest BCUT2D eigenvalue weighted by Crippen LogP contribution is 2.23. The molecular formula is C21H21BrF2N2O3. The Morgan fingerprint density at radius 3 is 2.28 bits per heavy atom. The number of benzene rings is 2. The van der Waals surface area contributed by atoms with Crippen LogP contribution in [0.4, 0.5) is 8.78 Å². The van der Waals surface area contributed by atoms with E-state index in [-0.39, 0.29) is 23.1 Å². The van der Waals surface area contributed by atoms with Crippen LogP contribution >= 0.6 is 15.9 Å². The molecule has 3 rings (SSSR count). The number of piperazine rings is 1. The Bertz CT molecular complexity index is 871. The molecule has 1 fully saturated rings. The van der Waals surface area contributed by atoms with E-state index >= 15 is 0 Å². The highest BCUT2D eigenvalue weighted by atomic mass is 79.9. The van der Waals surface area contributed by atoms with Gasteiger partial charge >= 0.3 is 6.61 Å². The Morgan fingerprint density at radius 1 is 0.966 bits per heavy atom. The normalized spacial score (nSPS) is 14.2. The molecule has 29 heavy (non-hydrogen) atoms. The van der Waals surface area contributed by atoms with Gasteiger partial charge < -0.3 is 14.5 Å². The number of hydrogen-bond donors (Lipinski definition) is 0. The minimum absolute atomic E-state index is 0.0364. The topological polar surface area (TPSA) is 49.9 Å². The van der Waals surface area contributed by atoms with E-state index in [2.05, 4.69) is 20.7 Å². The third-order valence-electron chi connectivity index (χ3n) is 4.82. The van der Waals surface area contributed by atoms with Gasteiger partial charge in [-0.3, -0.25) is 9.59 Å². The van der Waals surface area contributed by atoms with Gasteiger partial charge in [0.1, 0.15) is 5.75 Å². The quantitative estimate of drug-likeness (QED) is 0.647. The van der Waals surface area contributed by atoms with Gasteiger partial charge in [-0.1, -0.05) is 46.3 Å². The van der Waals surface area contributed by atoms with Gasteiger partial charge in [-0.2, -0.15) is 8.78 Å². The first-order valence-electron chi connectivity index (χ1n) is 9.30. The summed E-state index contributed by atoms with van der Waals surface area (Å²) in [6, 6.07) is 13.7. The molecule has 0 aromatic heterocycles. The van der Waals surface area contributed by atoms with E-state index < -0.39 is 6.61 Å². The van der Waals surface area contributed by atoms with Gasteiger partial charge in [-0.05, 0) is 30.2 Å². The maximum atomic E-state index is 12.7. The van der Waals surface area contributed by atoms with Crippen molar-refractivity contribution >= 4 is 27.7 Å². The first-order valence-corrected chi connectivity index (χ1v) is 10.1. The molecule has 0 N–H and O–H groups in total. The van der Waals surface area contributed by atoms with Crippen LogP contribution in [-0.4, -0.2) is 54.4 Å². The van der Waals surface area contributed by atoms with Gasteiger partial charge in [0, 0.05) is 37.1 Å². The molecule has 0 radical (unpaired) electrons. The van der Waals surface area contributed by atoms with Gasteiger partial charge in [0.25, 0.3) is 5.91 Å². The van der Waals surface area contributed by atoms with E-state index in [1.807, 2.05) is 24.3 Å². The second kappa shape index (κ2) is 9.82. The zero-order valence-corrected chi connectivity index (χ0v) is 17.3. The molecule has 2 amide bonds. The number of nitrogens with zero attached hydrogens (tertiary/aromatic N) is 2. The largest absolute Gasteiger partial charge is 0.434 e. The lowest BCUT2D eigenvalue weighted by Crippen LogP contribution is -2.50. The second-order valence-corrected chi connectivity index (χ2v) is 7.49. The van der Waals surface area contributed by atoms with Crippen LogP contribution in [0, 0.1) is 0 Å². The average Bonchev–Trinajstić information content (AvgIpc) is 2.72. The molecule has 0 bridgehead atoms. The molecule has 1 aliphatic rings. The van der Waals surface area contributed by atoms with Crippen molar-refractivity contribution in [3.8, 4) is 5.75 Å². The van der Waals surface area contributed by atoms with E-state index in [4.69, 9.17) is 0 Å². The van der Waals surface area contributed by atoms with E-state index in [1.54, 1.807) is 15.9 Å². The van der Waals surface area contributed by atoms with Gasteiger partial charge in [-0.25, -0.2) is 0 Å². The highest BCUT2D eigenvalue weighted by molar-refractivity contribution is 9.10. The summed E-state index contributed by atoms with van der Waals surface area (Å²) in [7, 11) is 0. The van der Waals surface area contributed by atoms with Gasteiger partial charge in [0.2, 0.25) is 5.91 Å². The molecule has 154 valence electrons. The number of alkyl halides is 2. The van der Waals surface area contributed by atoms with Crippen molar-refractivity contribution in [3.05, 3.63) is 64.1 Å². The van der Waals surface area contributed by atoms with Crippen molar-refractivity contribution in [2.24, 2.45) is 0 Å². The monoisotopic (exact) mass is 466 g/mol. The van der Waals surface area contributed by atoms with Crippen LogP contribution in [0.25, 0.3) is 0 Å². The SMILES string of the molecule is O=C(CCc1ccccc1Br)N1CCN(C(=O)c2ccccc2OC(F)F)CC1. The Kier molecular flexibility index (Phi) is 7.19. The Labute approximate surface area is 176 Å². The fourth-order valence-electron chi connectivity index (χ4n) is 3.27. The molecular weight excluding hydrogens is 446 g/mol. The summed E-state index contributed by atoms with van der Waals surface area (Å²) in [4.78, 5) is 28.5. The molecule has 8 heteroatoms. The summed E-state index contributed by atoms with van der Waals surface area (Å²) >= 11 is 3.48. The van der Waals surface area contributed by atoms with Gasteiger partial charge in [0.05, 0.1) is 5.56 Å². The average molecular weight is 467 g/mol. The minimum atomic E-state index is -3.00. The standard InChI is InChI=1S/C21H21BrF2N2O3/c22-17-7-3-1-5-15(17)9-10-19(27)25-11-13-26(14-12-25)20(28)16-6-2-4-8-18(16)29-21(23)24/h1-8,21H,9-14H2. The fourth-order valence-corrected chi connectivity index (χ4v) is 3.76. The van der Waals surface area contributed by atoms with Gasteiger partial charge in [0.15, 0.2) is 0 Å². The fraction of sp³-hybridized carbons (Fsp3) is 0.333. The number of carbonyl (C=O) groups is 2. The number of aryl methyl sites for hydroxylation is 1. The van der Waals surface area contributed by atoms with Crippen molar-refractivity contribution in [2.75, 3.05) is 26.2 Å². The van der Waals surface area contributed by atoms with Crippen molar-refractivity contribution in [1.29, 1.82) is 0 Å². The zero-order chi connectivity index (χ0) is 20.8. The molecule has 0 spiro atoms. The molecule has 0 saturated carbocycles. The molecule has 2 aromatic carbocycles. The van der Waals surface area contributed by atoms with Crippen LogP contribution in [-0.2, 0) is 11.2 Å². The number of amides is 2. The van der Waals surface area contributed by atoms with E-state index in [1.165, 1.54) is 18.2 Å². The summed E-state index contributed by atoms with van der Waals surface area (Å²) < 4.78 is 30.6. The number of rotatable bonds is 6. The summed E-state index contributed by atoms with van der Waals surface area (Å²) in [5.41, 5.74) is 1.17. The molecule has 1 saturated heterocycles. The molecule has 0 atom stereocenters. The Balaban J connectivity index is 1.54. The van der Waals surface area contributed by atoms with Crippen molar-refractivity contribution in [2.45, 2.75) is 19.5 Å². The first kappa shape index (κ1) is 21.2. The highest BCUT2D eigenvalue weighted by Gasteiger charge is 2.26. The lowest BCUT2D eigenvalue weighted by atomic mass is 10.1. The number of para-hydroxylation sites is 1. The smallest absolute Gasteiger partial charge is 0.387 e. The van der Waals surface area contributed by atoms with Crippen molar-refractivity contribution in [1.82, 2.24) is 9.80 Å². The molecule has 1 aliphatic heterocycles. The van der Waals surface area contributed by atoms with Crippen LogP contribution < -0.4 is 4.74 Å². The maximum Gasteiger partial charge on any atom is 0.387 e. The Morgan fingerprint density at radius 2 is 1.59 bits per heavy atom. The van der Waals surface area contributed by atoms with Crippen molar-refractivity contribution < 1.29 is 23.1 Å². The third-order valence-corrected chi connectivity index (χ3v) is 5.59. The first-order chi connectivity index (χ1) is 14.0. The summed E-state index contributed by atoms with van der Waals surface area (Å²) in [5, 5.41) is 0. The maximum absolute atomic E-state index is 12.7. The molecule has 1 heterocycles. The zero-order valence-electron chi connectivity index (χ0n) is 15.7. The number of ether oxygens (including phenoxy) is 1. The van der Waals surface area contributed by atoms with Crippen LogP contribution in [0.2, 0.25) is 0 Å². The lowest BCUT2D eigenvalue weighted by Gasteiger charge is -2.35. The predicted octanol–water partition coefficient (Wildman–Crippen LogP) is 3.97. The van der Waals surface area contributed by atoms with E-state index in [9.17, 15) is 18.4 Å². The third kappa shape index (κ3) is 5.53. The molecule has 0 unspecified atom stereocenters. The molecule has 2 aromatic rings. The van der Waals surface area contributed by atoms with Crippen LogP contribution in [0.5, 0.6) is 5.75 Å². The van der Waals surface area contributed by atoms with Crippen molar-refractivity contribution in [3.63, 3.8) is 0 Å². The van der Waals surface area contributed by atoms with Crippen LogP contribution in [0.15, 0.2) is 53.0 Å². The van der Waals surface area contributed by atoms with E-state index in [0.29, 0.717) is 39.0 Å². The second-order valence-electron chi connectivity index (χ2n) is 6.64.